The molecular weight excluding hydrogens is 250 g/mol. The number of carbonyl (C=O) groups is 2. The molecule has 19 heavy (non-hydrogen) atoms. The van der Waals surface area contributed by atoms with Crippen LogP contribution in [0, 0.1) is 0 Å². The molecule has 0 aromatic rings. The van der Waals surface area contributed by atoms with Gasteiger partial charge in [-0.15, -0.1) is 0 Å². The third kappa shape index (κ3) is 4.50. The molecule has 104 valence electrons. The molecule has 1 aliphatic heterocycles. The third-order valence-electron chi connectivity index (χ3n) is 2.06. The number of allylic oxidation sites excluding steroid dienone is 3. The van der Waals surface area contributed by atoms with Gasteiger partial charge in [-0.05, 0) is 18.4 Å². The minimum Gasteiger partial charge on any atom is -0.508 e. The first-order chi connectivity index (χ1) is 8.71. The van der Waals surface area contributed by atoms with Gasteiger partial charge in [0.05, 0.1) is 0 Å². The Kier molecular flexibility index (Phi) is 4.37. The number of hydrogen-bond donors (Lipinski definition) is 1. The van der Waals surface area contributed by atoms with Gasteiger partial charge in [0.1, 0.15) is 11.3 Å². The molecular formula is C13H17NO5. The fourth-order valence-corrected chi connectivity index (χ4v) is 1.29. The number of aliphatic hydroxyl groups excluding tert-OH is 1. The topological polar surface area (TPSA) is 76.1 Å². The zero-order valence-corrected chi connectivity index (χ0v) is 11.3. The molecule has 0 amide bonds. The Hall–Kier alpha value is -2.24. The number of rotatable bonds is 3. The first-order valence-corrected chi connectivity index (χ1v) is 5.63. The summed E-state index contributed by atoms with van der Waals surface area (Å²) in [5.74, 6) is -3.17. The lowest BCUT2D eigenvalue weighted by Crippen LogP contribution is -2.41. The van der Waals surface area contributed by atoms with Crippen molar-refractivity contribution in [2.75, 3.05) is 14.1 Å². The Labute approximate surface area is 111 Å². The SMILES string of the molecule is CN(C)/C=C/C=C(\O)C=C1C(=O)OC(C)(C)OC1=O. The van der Waals surface area contributed by atoms with E-state index in [4.69, 9.17) is 9.47 Å². The predicted molar refractivity (Wildman–Crippen MR) is 67.9 cm³/mol. The summed E-state index contributed by atoms with van der Waals surface area (Å²) in [6.45, 7) is 2.91. The summed E-state index contributed by atoms with van der Waals surface area (Å²) in [5, 5.41) is 9.58. The summed E-state index contributed by atoms with van der Waals surface area (Å²) in [6, 6.07) is 0. The number of nitrogens with zero attached hydrogens (tertiary/aromatic N) is 1. The largest absolute Gasteiger partial charge is 0.508 e. The van der Waals surface area contributed by atoms with Crippen LogP contribution in [0.25, 0.3) is 0 Å². The fraction of sp³-hybridized carbons (Fsp3) is 0.385. The van der Waals surface area contributed by atoms with Crippen LogP contribution in [0.4, 0.5) is 0 Å². The summed E-state index contributed by atoms with van der Waals surface area (Å²) >= 11 is 0. The van der Waals surface area contributed by atoms with E-state index < -0.39 is 17.7 Å². The lowest BCUT2D eigenvalue weighted by molar-refractivity contribution is -0.222. The summed E-state index contributed by atoms with van der Waals surface area (Å²) in [6.07, 6.45) is 5.61. The van der Waals surface area contributed by atoms with Crippen LogP contribution in [0.1, 0.15) is 13.8 Å². The van der Waals surface area contributed by atoms with Gasteiger partial charge in [0.15, 0.2) is 0 Å². The highest BCUT2D eigenvalue weighted by Crippen LogP contribution is 2.23. The van der Waals surface area contributed by atoms with Crippen molar-refractivity contribution in [3.05, 3.63) is 35.8 Å². The summed E-state index contributed by atoms with van der Waals surface area (Å²) in [5.41, 5.74) is -0.341. The molecule has 1 saturated heterocycles. The molecule has 1 rings (SSSR count). The molecule has 0 spiro atoms. The second-order valence-corrected chi connectivity index (χ2v) is 4.63. The molecule has 6 heteroatoms. The Morgan fingerprint density at radius 2 is 1.74 bits per heavy atom. The molecule has 1 N–H and O–H groups in total. The zero-order chi connectivity index (χ0) is 14.6. The van der Waals surface area contributed by atoms with Gasteiger partial charge in [-0.1, -0.05) is 0 Å². The molecule has 0 aromatic heterocycles. The molecule has 6 nitrogen and oxygen atoms in total. The van der Waals surface area contributed by atoms with Crippen LogP contribution >= 0.6 is 0 Å². The zero-order valence-electron chi connectivity index (χ0n) is 11.3. The maximum Gasteiger partial charge on any atom is 0.348 e. The Morgan fingerprint density at radius 3 is 2.21 bits per heavy atom. The Bertz CT molecular complexity index is 449. The van der Waals surface area contributed by atoms with E-state index in [1.165, 1.54) is 19.9 Å². The maximum absolute atomic E-state index is 11.6. The van der Waals surface area contributed by atoms with Gasteiger partial charge in [0.25, 0.3) is 5.79 Å². The first kappa shape index (κ1) is 14.8. The van der Waals surface area contributed by atoms with Crippen molar-refractivity contribution in [3.63, 3.8) is 0 Å². The van der Waals surface area contributed by atoms with Crippen molar-refractivity contribution < 1.29 is 24.2 Å². The van der Waals surface area contributed by atoms with Crippen LogP contribution in [0.5, 0.6) is 0 Å². The molecule has 0 bridgehead atoms. The number of cyclic esters (lactones) is 2. The molecule has 1 fully saturated rings. The first-order valence-electron chi connectivity index (χ1n) is 5.63. The van der Waals surface area contributed by atoms with E-state index in [1.807, 2.05) is 14.1 Å². The van der Waals surface area contributed by atoms with Gasteiger partial charge < -0.3 is 19.5 Å². The molecule has 1 heterocycles. The van der Waals surface area contributed by atoms with E-state index in [0.29, 0.717) is 0 Å². The average Bonchev–Trinajstić information content (AvgIpc) is 2.21. The highest BCUT2D eigenvalue weighted by atomic mass is 16.7. The standard InChI is InChI=1S/C13H17NO5/c1-13(2)18-11(16)10(12(17)19-13)8-9(15)6-5-7-14(3)4/h5-8,15H,1-4H3/b7-5+,9-6-. The van der Waals surface area contributed by atoms with Crippen molar-refractivity contribution in [2.45, 2.75) is 19.6 Å². The van der Waals surface area contributed by atoms with Crippen LogP contribution in [0.2, 0.25) is 0 Å². The fourth-order valence-electron chi connectivity index (χ4n) is 1.29. The van der Waals surface area contributed by atoms with Gasteiger partial charge in [0.2, 0.25) is 0 Å². The minimum atomic E-state index is -1.28. The quantitative estimate of drug-likeness (QED) is 0.273. The second-order valence-electron chi connectivity index (χ2n) is 4.63. The molecule has 0 aromatic carbocycles. The summed E-state index contributed by atoms with van der Waals surface area (Å²) in [7, 11) is 3.63. The highest BCUT2D eigenvalue weighted by molar-refractivity contribution is 6.15. The number of aliphatic hydroxyl groups is 1. The van der Waals surface area contributed by atoms with E-state index in [1.54, 1.807) is 17.2 Å². The van der Waals surface area contributed by atoms with Crippen LogP contribution in [-0.2, 0) is 19.1 Å². The summed E-state index contributed by atoms with van der Waals surface area (Å²) < 4.78 is 9.77. The third-order valence-corrected chi connectivity index (χ3v) is 2.06. The van der Waals surface area contributed by atoms with E-state index in [9.17, 15) is 14.7 Å². The monoisotopic (exact) mass is 267 g/mol. The minimum absolute atomic E-state index is 0.248. The van der Waals surface area contributed by atoms with Crippen LogP contribution < -0.4 is 0 Å². The van der Waals surface area contributed by atoms with E-state index in [2.05, 4.69) is 0 Å². The number of hydrogen-bond acceptors (Lipinski definition) is 6. The second kappa shape index (κ2) is 5.60. The lowest BCUT2D eigenvalue weighted by Gasteiger charge is -2.29. The summed E-state index contributed by atoms with van der Waals surface area (Å²) in [4.78, 5) is 24.9. The van der Waals surface area contributed by atoms with Crippen molar-refractivity contribution in [3.8, 4) is 0 Å². The molecule has 0 atom stereocenters. The average molecular weight is 267 g/mol. The smallest absolute Gasteiger partial charge is 0.348 e. The van der Waals surface area contributed by atoms with Gasteiger partial charge in [-0.2, -0.15) is 0 Å². The van der Waals surface area contributed by atoms with Gasteiger partial charge in [-0.25, -0.2) is 9.59 Å². The van der Waals surface area contributed by atoms with Crippen molar-refractivity contribution >= 4 is 11.9 Å². The predicted octanol–water partition coefficient (Wildman–Crippen LogP) is 1.27. The molecule has 0 aliphatic carbocycles. The van der Waals surface area contributed by atoms with Gasteiger partial charge in [0, 0.05) is 34.0 Å². The maximum atomic E-state index is 11.6. The Balaban J connectivity index is 2.87. The molecule has 0 radical (unpaired) electrons. The van der Waals surface area contributed by atoms with E-state index in [0.717, 1.165) is 6.08 Å². The molecule has 0 saturated carbocycles. The van der Waals surface area contributed by atoms with Crippen LogP contribution in [0.3, 0.4) is 0 Å². The van der Waals surface area contributed by atoms with Crippen molar-refractivity contribution in [1.82, 2.24) is 4.90 Å². The van der Waals surface area contributed by atoms with E-state index >= 15 is 0 Å². The number of carbonyl (C=O) groups excluding carboxylic acids is 2. The van der Waals surface area contributed by atoms with Crippen molar-refractivity contribution in [2.24, 2.45) is 0 Å². The van der Waals surface area contributed by atoms with Gasteiger partial charge in [-0.3, -0.25) is 0 Å². The Morgan fingerprint density at radius 1 is 1.21 bits per heavy atom. The highest BCUT2D eigenvalue weighted by Gasteiger charge is 2.38. The molecule has 0 unspecified atom stereocenters. The number of ether oxygens (including phenoxy) is 2. The number of esters is 2. The van der Waals surface area contributed by atoms with Gasteiger partial charge >= 0.3 is 11.9 Å². The van der Waals surface area contributed by atoms with Crippen LogP contribution in [0.15, 0.2) is 35.8 Å². The van der Waals surface area contributed by atoms with Crippen molar-refractivity contribution in [1.29, 1.82) is 0 Å². The normalized spacial score (nSPS) is 19.2. The van der Waals surface area contributed by atoms with Crippen LogP contribution in [-0.4, -0.2) is 41.8 Å². The van der Waals surface area contributed by atoms with E-state index in [-0.39, 0.29) is 11.3 Å². The lowest BCUT2D eigenvalue weighted by atomic mass is 10.2. The molecule has 1 aliphatic rings.